The maximum Gasteiger partial charge on any atom is 0.145 e. The summed E-state index contributed by atoms with van der Waals surface area (Å²) in [6.45, 7) is 0. The zero-order valence-electron chi connectivity index (χ0n) is 72.3. The molecule has 0 saturated carbocycles. The molecule has 13 aromatic rings. The van der Waals surface area contributed by atoms with Gasteiger partial charge in [0.15, 0.2) is 0 Å². The Hall–Kier alpha value is -8.66. The van der Waals surface area contributed by atoms with Crippen molar-refractivity contribution < 1.29 is 59.2 Å². The Morgan fingerprint density at radius 1 is 0.369 bits per heavy atom. The van der Waals surface area contributed by atoms with Crippen LogP contribution in [0.2, 0.25) is 0 Å². The first kappa shape index (κ1) is 14.7. The molecule has 13 rings (SSSR count). The summed E-state index contributed by atoms with van der Waals surface area (Å²) in [7, 11) is 0. The van der Waals surface area contributed by atoms with Crippen molar-refractivity contribution >= 4 is 82.4 Å². The lowest BCUT2D eigenvalue weighted by atomic mass is 9.93. The average Bonchev–Trinajstić information content (AvgIpc) is 1.60. The van der Waals surface area contributed by atoms with Gasteiger partial charge in [-0.25, -0.2) is 0 Å². The molecule has 0 bridgehead atoms. The Balaban J connectivity index is 1.23. The molecular formula is C62H40N2O. The number of rotatable bonds is 7. The molecule has 0 amide bonds. The molecule has 0 aliphatic rings. The second-order valence-corrected chi connectivity index (χ2v) is 13.8. The van der Waals surface area contributed by atoms with Crippen LogP contribution in [0.1, 0.15) is 54.8 Å². The maximum atomic E-state index is 10.3. The fourth-order valence-corrected chi connectivity index (χ4v) is 7.45. The fraction of sp³-hybridized carbons (Fsp3) is 0. The normalized spacial score (nSPS) is 20.3. The number of hydrogen-bond acceptors (Lipinski definition) is 2. The number of aromatic nitrogens is 1. The summed E-state index contributed by atoms with van der Waals surface area (Å²) in [6.07, 6.45) is 0. The Kier molecular flexibility index (Phi) is 3.39. The Bertz CT molecular complexity index is 6160. The minimum Gasteiger partial charge on any atom is -0.455 e. The summed E-state index contributed by atoms with van der Waals surface area (Å²) in [6, 6.07) is -44.5. The smallest absolute Gasteiger partial charge is 0.145 e. The number of fused-ring (bicyclic) bond motifs is 9. The number of para-hydroxylation sites is 3. The van der Waals surface area contributed by atoms with Crippen LogP contribution in [0.5, 0.6) is 0 Å². The Labute approximate surface area is 432 Å². The molecule has 304 valence electrons. The van der Waals surface area contributed by atoms with Gasteiger partial charge in [-0.1, -0.05) is 169 Å². The predicted octanol–water partition coefficient (Wildman–Crippen LogP) is 17.5. The third-order valence-corrected chi connectivity index (χ3v) is 10.2. The van der Waals surface area contributed by atoms with Crippen LogP contribution in [-0.2, 0) is 0 Å². The van der Waals surface area contributed by atoms with Crippen LogP contribution < -0.4 is 4.90 Å². The predicted molar refractivity (Wildman–Crippen MR) is 274 cm³/mol. The van der Waals surface area contributed by atoms with Gasteiger partial charge < -0.3 is 13.9 Å². The number of anilines is 3. The summed E-state index contributed by atoms with van der Waals surface area (Å²) in [5.74, 6) is 0. The van der Waals surface area contributed by atoms with Gasteiger partial charge in [-0.3, -0.25) is 0 Å². The number of benzene rings is 11. The highest BCUT2D eigenvalue weighted by Crippen LogP contribution is 2.47. The van der Waals surface area contributed by atoms with E-state index in [1.165, 1.54) is 0 Å². The van der Waals surface area contributed by atoms with Crippen LogP contribution in [0.3, 0.4) is 0 Å². The van der Waals surface area contributed by atoms with Crippen molar-refractivity contribution in [3.05, 3.63) is 242 Å². The monoisotopic (exact) mass is 869 g/mol. The van der Waals surface area contributed by atoms with Gasteiger partial charge in [-0.05, 0) is 122 Å². The van der Waals surface area contributed by atoms with Crippen molar-refractivity contribution in [2.75, 3.05) is 4.90 Å². The van der Waals surface area contributed by atoms with Crippen molar-refractivity contribution in [2.45, 2.75) is 0 Å². The molecule has 0 fully saturated rings. The molecule has 3 heteroatoms. The Morgan fingerprint density at radius 3 is 1.57 bits per heavy atom. The molecule has 0 unspecified atom stereocenters. The summed E-state index contributed by atoms with van der Waals surface area (Å²) >= 11 is 0. The minimum absolute atomic E-state index is 0.270. The van der Waals surface area contributed by atoms with Crippen LogP contribution in [-0.4, -0.2) is 4.57 Å². The first-order chi connectivity index (χ1) is 48.9. The van der Waals surface area contributed by atoms with Crippen molar-refractivity contribution in [1.82, 2.24) is 4.57 Å². The van der Waals surface area contributed by atoms with Crippen LogP contribution >= 0.6 is 0 Å². The zero-order chi connectivity index (χ0) is 77.7. The SMILES string of the molecule is [2H]c1c([2H])c([2H])c(-c2c([2H])c([2H])c(N(c3c([2H])c([2H])c(-c4c([2H])c5c([2H])c([2H])c([2H])c([2H])c5c5c([2H])c([2H])c([2H])c([2H])c45)c([2H])c3[2H])c3c([2H])c([2H])c(-c4c([2H])c([2H])c(-n5c6c([2H])c([2H])c([2H])c([2H])c6c6c([2H])c([2H])c([2H])c([2H])c65)c([2H])c4[2H])c4oc5c([2H])c([2H])c([2H])c([2H])c5c34)c([2H])c2[2H])c([2H])c1[2H]. The third kappa shape index (κ3) is 6.05. The molecule has 2 heterocycles. The highest BCUT2D eigenvalue weighted by atomic mass is 16.3. The standard InChI is InChI=1S/C62H40N2O/c1-2-14-41(15-3-1)42-26-32-46(33-27-42)63(47-34-30-44(31-35-47)56-40-45-16-4-5-17-49(45)51-18-6-7-19-52(51)56)59-39-38-50(62-61(59)55-22-10-13-25-60(55)65-62)43-28-36-48(37-29-43)64-57-23-11-8-20-53(57)54-21-9-12-24-58(54)64/h1-40H/i1D,2D,3D,4D,5D,6D,7D,8D,9D,10D,11D,12D,13D,14D,15D,16D,17D,18D,19D,20D,21D,22D,23D,24D,25D,26D,27D,28D,29D,30D,31D,32D,33D,34D,35D,36D,37D,38D,39D,40D. The van der Waals surface area contributed by atoms with E-state index in [1.807, 2.05) is 0 Å². The van der Waals surface area contributed by atoms with Crippen molar-refractivity contribution in [3.8, 4) is 39.1 Å². The largest absolute Gasteiger partial charge is 0.455 e. The highest BCUT2D eigenvalue weighted by molar-refractivity contribution is 6.18. The van der Waals surface area contributed by atoms with E-state index in [-0.39, 0.29) is 4.90 Å². The minimum atomic E-state index is -1.45. The third-order valence-electron chi connectivity index (χ3n) is 10.2. The molecule has 0 atom stereocenters. The number of nitrogens with zero attached hydrogens (tertiary/aromatic N) is 2. The molecule has 0 spiro atoms. The van der Waals surface area contributed by atoms with Crippen molar-refractivity contribution in [3.63, 3.8) is 0 Å². The molecule has 0 aliphatic carbocycles. The topological polar surface area (TPSA) is 21.3 Å². The maximum absolute atomic E-state index is 10.3. The van der Waals surface area contributed by atoms with E-state index in [9.17, 15) is 24.7 Å². The van der Waals surface area contributed by atoms with E-state index in [4.69, 9.17) is 34.6 Å². The quantitative estimate of drug-likeness (QED) is 0.149. The van der Waals surface area contributed by atoms with Gasteiger partial charge >= 0.3 is 0 Å². The van der Waals surface area contributed by atoms with Gasteiger partial charge in [0.05, 0.1) is 76.9 Å². The highest BCUT2D eigenvalue weighted by Gasteiger charge is 2.23. The molecule has 3 nitrogen and oxygen atoms in total. The van der Waals surface area contributed by atoms with E-state index in [0.717, 1.165) is 0 Å². The van der Waals surface area contributed by atoms with Crippen LogP contribution in [0, 0.1) is 0 Å². The summed E-state index contributed by atoms with van der Waals surface area (Å²) < 4.78 is 375. The van der Waals surface area contributed by atoms with E-state index in [1.54, 1.807) is 0 Å². The molecule has 0 aliphatic heterocycles. The van der Waals surface area contributed by atoms with Crippen molar-refractivity contribution in [1.29, 1.82) is 0 Å². The second-order valence-electron chi connectivity index (χ2n) is 13.8. The van der Waals surface area contributed by atoms with E-state index in [0.29, 0.717) is 4.57 Å². The van der Waals surface area contributed by atoms with E-state index in [2.05, 4.69) is 0 Å². The van der Waals surface area contributed by atoms with Crippen LogP contribution in [0.25, 0.3) is 104 Å². The molecule has 11 aromatic carbocycles. The number of furan rings is 1. The molecule has 0 radical (unpaired) electrons. The average molecular weight is 869 g/mol. The van der Waals surface area contributed by atoms with Gasteiger partial charge in [0.25, 0.3) is 0 Å². The lowest BCUT2D eigenvalue weighted by Crippen LogP contribution is -2.10. The summed E-state index contributed by atoms with van der Waals surface area (Å²) in [4.78, 5) is 0.270. The van der Waals surface area contributed by atoms with Crippen LogP contribution in [0.4, 0.5) is 17.1 Å². The Morgan fingerprint density at radius 2 is 0.877 bits per heavy atom. The lowest BCUT2D eigenvalue weighted by Gasteiger charge is -2.27. The van der Waals surface area contributed by atoms with Gasteiger partial charge in [0.2, 0.25) is 0 Å². The molecule has 0 N–H and O–H groups in total. The summed E-state index contributed by atoms with van der Waals surface area (Å²) in [5.41, 5.74) is -14.2. The first-order valence-electron chi connectivity index (χ1n) is 39.0. The molecule has 2 aromatic heterocycles. The van der Waals surface area contributed by atoms with Gasteiger partial charge in [0.1, 0.15) is 11.2 Å². The second kappa shape index (κ2) is 15.0. The lowest BCUT2D eigenvalue weighted by molar-refractivity contribution is 0.670. The zero-order valence-corrected chi connectivity index (χ0v) is 32.3. The van der Waals surface area contributed by atoms with Crippen molar-refractivity contribution in [2.24, 2.45) is 0 Å². The van der Waals surface area contributed by atoms with Gasteiger partial charge in [-0.2, -0.15) is 0 Å². The van der Waals surface area contributed by atoms with Crippen LogP contribution in [0.15, 0.2) is 246 Å². The van der Waals surface area contributed by atoms with Gasteiger partial charge in [-0.15, -0.1) is 0 Å². The van der Waals surface area contributed by atoms with Gasteiger partial charge in [0, 0.05) is 38.8 Å². The summed E-state index contributed by atoms with van der Waals surface area (Å²) in [5, 5.41) is -5.87. The van der Waals surface area contributed by atoms with E-state index >= 15 is 0 Å². The first-order valence-corrected chi connectivity index (χ1v) is 19.0. The van der Waals surface area contributed by atoms with E-state index < -0.39 is 363 Å². The molecule has 0 saturated heterocycles. The number of hydrogen-bond donors (Lipinski definition) is 0. The molecular weight excluding hydrogens is 789 g/mol. The fourth-order valence-electron chi connectivity index (χ4n) is 7.45. The molecule has 65 heavy (non-hydrogen) atoms.